The fraction of sp³-hybridized carbons (Fsp3) is 0.294. The minimum Gasteiger partial charge on any atom is -0.469 e. The molecule has 0 aliphatic heterocycles. The number of thiophene rings is 1. The van der Waals surface area contributed by atoms with Gasteiger partial charge in [0.15, 0.2) is 0 Å². The molecule has 0 saturated carbocycles. The molecule has 3 aromatic heterocycles. The van der Waals surface area contributed by atoms with Crippen molar-refractivity contribution in [1.82, 2.24) is 14.5 Å². The Labute approximate surface area is 155 Å². The van der Waals surface area contributed by atoms with E-state index in [2.05, 4.69) is 10.2 Å². The maximum atomic E-state index is 12.9. The van der Waals surface area contributed by atoms with Crippen molar-refractivity contribution >= 4 is 21.4 Å². The van der Waals surface area contributed by atoms with Gasteiger partial charge in [0.1, 0.15) is 15.7 Å². The highest BCUT2D eigenvalue weighted by molar-refractivity contribution is 7.91. The summed E-state index contributed by atoms with van der Waals surface area (Å²) in [6.07, 6.45) is 2.94. The number of aromatic nitrogens is 2. The van der Waals surface area contributed by atoms with Gasteiger partial charge in [-0.1, -0.05) is 0 Å². The van der Waals surface area contributed by atoms with Crippen molar-refractivity contribution < 1.29 is 12.8 Å². The summed E-state index contributed by atoms with van der Waals surface area (Å²) < 4.78 is 32.7. The Morgan fingerprint density at radius 1 is 1.27 bits per heavy atom. The number of nitrogens with zero attached hydrogens (tertiary/aromatic N) is 2. The first-order chi connectivity index (χ1) is 12.4. The van der Waals surface area contributed by atoms with E-state index in [9.17, 15) is 13.2 Å². The van der Waals surface area contributed by atoms with Crippen molar-refractivity contribution in [2.24, 2.45) is 0 Å². The predicted octanol–water partition coefficient (Wildman–Crippen LogP) is 2.73. The van der Waals surface area contributed by atoms with Crippen LogP contribution in [0.4, 0.5) is 0 Å². The lowest BCUT2D eigenvalue weighted by Crippen LogP contribution is -2.35. The smallest absolute Gasteiger partial charge is 0.264 e. The Balaban J connectivity index is 1.74. The molecule has 3 aromatic rings. The van der Waals surface area contributed by atoms with Crippen LogP contribution < -0.4 is 5.56 Å². The number of aromatic amines is 1. The molecule has 9 heteroatoms. The summed E-state index contributed by atoms with van der Waals surface area (Å²) in [6, 6.07) is 9.71. The average molecular weight is 393 g/mol. The highest BCUT2D eigenvalue weighted by atomic mass is 32.2. The van der Waals surface area contributed by atoms with E-state index in [0.717, 1.165) is 17.1 Å². The molecular formula is C17H19N3O4S2. The van der Waals surface area contributed by atoms with Gasteiger partial charge in [0.05, 0.1) is 11.1 Å². The van der Waals surface area contributed by atoms with E-state index in [1.165, 1.54) is 10.4 Å². The zero-order valence-electron chi connectivity index (χ0n) is 14.4. The summed E-state index contributed by atoms with van der Waals surface area (Å²) in [5.41, 5.74) is 0.229. The van der Waals surface area contributed by atoms with Crippen molar-refractivity contribution in [3.63, 3.8) is 0 Å². The van der Waals surface area contributed by atoms with Crippen LogP contribution in [0.1, 0.15) is 19.1 Å². The van der Waals surface area contributed by atoms with Gasteiger partial charge in [-0.3, -0.25) is 4.79 Å². The van der Waals surface area contributed by atoms with Gasteiger partial charge in [0, 0.05) is 25.6 Å². The van der Waals surface area contributed by atoms with E-state index in [0.29, 0.717) is 23.4 Å². The maximum absolute atomic E-state index is 12.9. The highest BCUT2D eigenvalue weighted by Gasteiger charge is 2.27. The first-order valence-corrected chi connectivity index (χ1v) is 10.3. The van der Waals surface area contributed by atoms with Crippen molar-refractivity contribution in [3.8, 4) is 10.6 Å². The van der Waals surface area contributed by atoms with Crippen LogP contribution in [0, 0.1) is 0 Å². The molecular weight excluding hydrogens is 374 g/mol. The van der Waals surface area contributed by atoms with Gasteiger partial charge in [-0.2, -0.15) is 9.40 Å². The highest BCUT2D eigenvalue weighted by Crippen LogP contribution is 2.31. The lowest BCUT2D eigenvalue weighted by molar-refractivity contribution is 0.362. The summed E-state index contributed by atoms with van der Waals surface area (Å²) in [5, 5.41) is 6.29. The number of sulfonamides is 1. The molecule has 0 unspecified atom stereocenters. The minimum atomic E-state index is -3.60. The molecule has 0 bridgehead atoms. The van der Waals surface area contributed by atoms with Crippen LogP contribution in [0.5, 0.6) is 0 Å². The van der Waals surface area contributed by atoms with Gasteiger partial charge in [0.2, 0.25) is 0 Å². The van der Waals surface area contributed by atoms with Crippen molar-refractivity contribution in [2.75, 3.05) is 7.05 Å². The van der Waals surface area contributed by atoms with Crippen LogP contribution in [0.2, 0.25) is 0 Å². The molecule has 1 N–H and O–H groups in total. The molecule has 3 rings (SSSR count). The molecule has 0 saturated heterocycles. The van der Waals surface area contributed by atoms with E-state index in [4.69, 9.17) is 4.42 Å². The van der Waals surface area contributed by atoms with E-state index in [1.54, 1.807) is 31.5 Å². The van der Waals surface area contributed by atoms with Gasteiger partial charge in [-0.15, -0.1) is 11.3 Å². The van der Waals surface area contributed by atoms with Crippen LogP contribution in [-0.2, 0) is 16.4 Å². The topological polar surface area (TPSA) is 96.3 Å². The Morgan fingerprint density at radius 3 is 2.73 bits per heavy atom. The van der Waals surface area contributed by atoms with Gasteiger partial charge in [0.25, 0.3) is 15.6 Å². The Morgan fingerprint density at radius 2 is 2.08 bits per heavy atom. The molecule has 0 radical (unpaired) electrons. The van der Waals surface area contributed by atoms with E-state index >= 15 is 0 Å². The van der Waals surface area contributed by atoms with Crippen molar-refractivity contribution in [3.05, 3.63) is 58.8 Å². The van der Waals surface area contributed by atoms with E-state index in [-0.39, 0.29) is 15.8 Å². The summed E-state index contributed by atoms with van der Waals surface area (Å²) in [4.78, 5) is 11.8. The SMILES string of the molecule is C[C@H](CCc1ccco1)N(C)S(=O)(=O)c1ccc(-c2ccc(=O)[nH]n2)s1. The molecule has 138 valence electrons. The van der Waals surface area contributed by atoms with Crippen LogP contribution in [0.25, 0.3) is 10.6 Å². The monoisotopic (exact) mass is 393 g/mol. The first kappa shape index (κ1) is 18.6. The van der Waals surface area contributed by atoms with Crippen molar-refractivity contribution in [1.29, 1.82) is 0 Å². The van der Waals surface area contributed by atoms with Crippen LogP contribution >= 0.6 is 11.3 Å². The maximum Gasteiger partial charge on any atom is 0.264 e. The normalized spacial score (nSPS) is 13.2. The lowest BCUT2D eigenvalue weighted by atomic mass is 10.1. The van der Waals surface area contributed by atoms with Gasteiger partial charge in [-0.05, 0) is 43.7 Å². The number of nitrogens with one attached hydrogen (secondary N) is 1. The second-order valence-corrected chi connectivity index (χ2v) is 9.22. The molecule has 0 amide bonds. The number of aryl methyl sites for hydroxylation is 1. The summed E-state index contributed by atoms with van der Waals surface area (Å²) in [5.74, 6) is 0.838. The zero-order chi connectivity index (χ0) is 18.7. The quantitative estimate of drug-likeness (QED) is 0.666. The molecule has 0 aliphatic carbocycles. The van der Waals surface area contributed by atoms with E-state index in [1.807, 2.05) is 19.1 Å². The first-order valence-electron chi connectivity index (χ1n) is 8.04. The van der Waals surface area contributed by atoms with Gasteiger partial charge >= 0.3 is 0 Å². The number of rotatable bonds is 7. The number of H-pyrrole nitrogens is 1. The molecule has 26 heavy (non-hydrogen) atoms. The number of hydrogen-bond donors (Lipinski definition) is 1. The van der Waals surface area contributed by atoms with Gasteiger partial charge in [-0.25, -0.2) is 13.5 Å². The molecule has 1 atom stereocenters. The third kappa shape index (κ3) is 3.95. The molecule has 0 aliphatic rings. The Hall–Kier alpha value is -2.23. The number of hydrogen-bond acceptors (Lipinski definition) is 6. The molecule has 0 spiro atoms. The summed E-state index contributed by atoms with van der Waals surface area (Å²) in [6.45, 7) is 1.87. The summed E-state index contributed by atoms with van der Waals surface area (Å²) in [7, 11) is -2.02. The largest absolute Gasteiger partial charge is 0.469 e. The molecule has 0 fully saturated rings. The minimum absolute atomic E-state index is 0.179. The Kier molecular flexibility index (Phi) is 5.40. The average Bonchev–Trinajstić information content (AvgIpc) is 3.31. The summed E-state index contributed by atoms with van der Waals surface area (Å²) >= 11 is 1.13. The molecule has 0 aromatic carbocycles. The predicted molar refractivity (Wildman–Crippen MR) is 99.6 cm³/mol. The second-order valence-electron chi connectivity index (χ2n) is 5.91. The van der Waals surface area contributed by atoms with Crippen molar-refractivity contribution in [2.45, 2.75) is 30.0 Å². The third-order valence-corrected chi connectivity index (χ3v) is 7.70. The van der Waals surface area contributed by atoms with Crippen LogP contribution in [-0.4, -0.2) is 36.0 Å². The zero-order valence-corrected chi connectivity index (χ0v) is 16.0. The van der Waals surface area contributed by atoms with Crippen LogP contribution in [0.15, 0.2) is 56.1 Å². The van der Waals surface area contributed by atoms with Crippen LogP contribution in [0.3, 0.4) is 0 Å². The van der Waals surface area contributed by atoms with Gasteiger partial charge < -0.3 is 4.42 Å². The van der Waals surface area contributed by atoms with E-state index < -0.39 is 10.0 Å². The fourth-order valence-corrected chi connectivity index (χ4v) is 5.30. The number of furan rings is 1. The lowest BCUT2D eigenvalue weighted by Gasteiger charge is -2.23. The molecule has 3 heterocycles. The second kappa shape index (κ2) is 7.56. The Bertz CT molecular complexity index is 1000. The third-order valence-electron chi connectivity index (χ3n) is 4.16. The molecule has 7 nitrogen and oxygen atoms in total. The standard InChI is InChI=1S/C17H19N3O4S2/c1-12(5-6-13-4-3-11-24-13)20(2)26(22,23)17-10-8-15(25-17)14-7-9-16(21)19-18-14/h3-4,7-12H,5-6H2,1-2H3,(H,19,21)/t12-/m1/s1. The fourth-order valence-electron chi connectivity index (χ4n) is 2.44.